The van der Waals surface area contributed by atoms with Gasteiger partial charge < -0.3 is 19.4 Å². The number of aromatic amines is 1. The second-order valence-corrected chi connectivity index (χ2v) is 8.81. The van der Waals surface area contributed by atoms with E-state index < -0.39 is 17.9 Å². The maximum absolute atomic E-state index is 13.1. The number of amides is 2. The highest BCUT2D eigenvalue weighted by molar-refractivity contribution is 6.50. The molecule has 3 heterocycles. The van der Waals surface area contributed by atoms with Gasteiger partial charge in [0.2, 0.25) is 0 Å². The molecular formula is C27H27N3O4. The maximum Gasteiger partial charge on any atom is 0.259 e. The molecule has 1 unspecified atom stereocenters. The van der Waals surface area contributed by atoms with Crippen molar-refractivity contribution in [3.63, 3.8) is 0 Å². The lowest BCUT2D eigenvalue weighted by molar-refractivity contribution is -0.122. The number of nitrogens with one attached hydrogen (secondary N) is 2. The molecule has 0 fully saturated rings. The zero-order valence-corrected chi connectivity index (χ0v) is 19.4. The van der Waals surface area contributed by atoms with Gasteiger partial charge in [0.1, 0.15) is 0 Å². The molecule has 4 aromatic rings. The lowest BCUT2D eigenvalue weighted by atomic mass is 9.95. The highest BCUT2D eigenvalue weighted by Gasteiger charge is 2.35. The van der Waals surface area contributed by atoms with Gasteiger partial charge in [-0.25, -0.2) is 0 Å². The number of aromatic nitrogens is 2. The molecule has 5 rings (SSSR count). The first-order chi connectivity index (χ1) is 16.4. The highest BCUT2D eigenvalue weighted by Crippen LogP contribution is 2.38. The van der Waals surface area contributed by atoms with Gasteiger partial charge in [-0.3, -0.25) is 14.9 Å². The van der Waals surface area contributed by atoms with Gasteiger partial charge in [-0.2, -0.15) is 0 Å². The molecule has 34 heavy (non-hydrogen) atoms. The van der Waals surface area contributed by atoms with E-state index in [1.54, 1.807) is 6.20 Å². The maximum atomic E-state index is 13.1. The average molecular weight is 458 g/mol. The van der Waals surface area contributed by atoms with Crippen LogP contribution in [-0.4, -0.2) is 45.8 Å². The number of rotatable bonds is 7. The van der Waals surface area contributed by atoms with E-state index in [2.05, 4.69) is 10.3 Å². The Balaban J connectivity index is 1.72. The molecule has 2 amide bonds. The molecule has 0 aliphatic carbocycles. The molecule has 7 nitrogen and oxygen atoms in total. The zero-order valence-electron chi connectivity index (χ0n) is 19.4. The van der Waals surface area contributed by atoms with E-state index in [1.165, 1.54) is 0 Å². The molecule has 0 saturated heterocycles. The lowest BCUT2D eigenvalue weighted by Crippen LogP contribution is -2.22. The number of hydrogen-bond donors (Lipinski definition) is 3. The second-order valence-electron chi connectivity index (χ2n) is 8.81. The van der Waals surface area contributed by atoms with E-state index in [-0.39, 0.29) is 6.61 Å². The fourth-order valence-corrected chi connectivity index (χ4v) is 4.71. The summed E-state index contributed by atoms with van der Waals surface area (Å²) >= 11 is 0. The number of ether oxygens (including phenoxy) is 1. The fourth-order valence-electron chi connectivity index (χ4n) is 4.71. The summed E-state index contributed by atoms with van der Waals surface area (Å²) in [5.74, 6) is -0.829. The molecule has 174 valence electrons. The number of carbonyl (C=O) groups is 2. The summed E-state index contributed by atoms with van der Waals surface area (Å²) in [7, 11) is 0. The molecule has 0 radical (unpaired) electrons. The predicted octanol–water partition coefficient (Wildman–Crippen LogP) is 3.70. The number of benzene rings is 2. The van der Waals surface area contributed by atoms with E-state index in [1.807, 2.05) is 67.9 Å². The summed E-state index contributed by atoms with van der Waals surface area (Å²) in [4.78, 5) is 29.4. The summed E-state index contributed by atoms with van der Waals surface area (Å²) in [6.45, 7) is 6.92. The summed E-state index contributed by atoms with van der Waals surface area (Å²) in [6.07, 6.45) is 2.94. The van der Waals surface area contributed by atoms with Crippen molar-refractivity contribution >= 4 is 44.8 Å². The third kappa shape index (κ3) is 3.73. The number of carbonyl (C=O) groups excluding carboxylic acids is 2. The Labute approximate surface area is 197 Å². The second kappa shape index (κ2) is 8.59. The van der Waals surface area contributed by atoms with Gasteiger partial charge in [0.15, 0.2) is 0 Å². The van der Waals surface area contributed by atoms with Crippen LogP contribution >= 0.6 is 0 Å². The molecule has 1 atom stereocenters. The van der Waals surface area contributed by atoms with Crippen LogP contribution in [0.1, 0.15) is 29.2 Å². The fraction of sp³-hybridized carbons (Fsp3) is 0.259. The Bertz CT molecular complexity index is 1470. The Kier molecular flexibility index (Phi) is 5.59. The molecule has 2 aromatic heterocycles. The van der Waals surface area contributed by atoms with Crippen molar-refractivity contribution in [3.8, 4) is 0 Å². The van der Waals surface area contributed by atoms with Crippen LogP contribution in [0.2, 0.25) is 0 Å². The van der Waals surface area contributed by atoms with E-state index in [0.29, 0.717) is 35.4 Å². The normalized spacial score (nSPS) is 15.1. The smallest absolute Gasteiger partial charge is 0.259 e. The first-order valence-electron chi connectivity index (χ1n) is 11.4. The van der Waals surface area contributed by atoms with Crippen molar-refractivity contribution in [1.29, 1.82) is 0 Å². The zero-order chi connectivity index (χ0) is 24.0. The first-order valence-corrected chi connectivity index (χ1v) is 11.4. The van der Waals surface area contributed by atoms with E-state index in [9.17, 15) is 14.7 Å². The molecular weight excluding hydrogens is 430 g/mol. The standard InChI is InChI=1S/C27H27N3O4/c1-4-34-14-17(31)12-30-13-21(19-10-16(3)6-8-23(19)30)25-24(26(32)29-27(25)33)20-11-28-22-7-5-15(2)9-18(20)22/h5-11,13,17,28,31H,4,12,14H2,1-3H3,(H,29,32,33). The minimum Gasteiger partial charge on any atom is -0.389 e. The number of aliphatic hydroxyl groups is 1. The number of hydrogen-bond acceptors (Lipinski definition) is 4. The first kappa shape index (κ1) is 22.1. The van der Waals surface area contributed by atoms with Gasteiger partial charge in [-0.1, -0.05) is 23.3 Å². The number of H-pyrrole nitrogens is 1. The van der Waals surface area contributed by atoms with Crippen LogP contribution in [0.15, 0.2) is 48.8 Å². The van der Waals surface area contributed by atoms with E-state index >= 15 is 0 Å². The summed E-state index contributed by atoms with van der Waals surface area (Å²) in [5, 5.41) is 14.7. The van der Waals surface area contributed by atoms with E-state index in [0.717, 1.165) is 32.9 Å². The van der Waals surface area contributed by atoms with Crippen LogP contribution < -0.4 is 5.32 Å². The number of nitrogens with zero attached hydrogens (tertiary/aromatic N) is 1. The summed E-state index contributed by atoms with van der Waals surface area (Å²) < 4.78 is 7.29. The van der Waals surface area contributed by atoms with Gasteiger partial charge >= 0.3 is 0 Å². The van der Waals surface area contributed by atoms with Crippen LogP contribution in [0, 0.1) is 13.8 Å². The minimum atomic E-state index is -0.700. The van der Waals surface area contributed by atoms with Gasteiger partial charge in [-0.15, -0.1) is 0 Å². The van der Waals surface area contributed by atoms with Crippen LogP contribution in [-0.2, 0) is 20.9 Å². The molecule has 0 bridgehead atoms. The van der Waals surface area contributed by atoms with Crippen molar-refractivity contribution in [2.24, 2.45) is 0 Å². The molecule has 1 aliphatic heterocycles. The number of imide groups is 1. The number of fused-ring (bicyclic) bond motifs is 2. The molecule has 7 heteroatoms. The van der Waals surface area contributed by atoms with Crippen molar-refractivity contribution < 1.29 is 19.4 Å². The van der Waals surface area contributed by atoms with Crippen LogP contribution in [0.5, 0.6) is 0 Å². The third-order valence-corrected chi connectivity index (χ3v) is 6.27. The van der Waals surface area contributed by atoms with Gasteiger partial charge in [-0.05, 0) is 45.0 Å². The van der Waals surface area contributed by atoms with Crippen molar-refractivity contribution in [2.75, 3.05) is 13.2 Å². The molecule has 1 aliphatic rings. The average Bonchev–Trinajstić information content (AvgIpc) is 3.44. The van der Waals surface area contributed by atoms with Gasteiger partial charge in [0.05, 0.1) is 30.4 Å². The summed E-state index contributed by atoms with van der Waals surface area (Å²) in [6, 6.07) is 12.0. The number of aliphatic hydroxyl groups excluding tert-OH is 1. The van der Waals surface area contributed by atoms with Crippen molar-refractivity contribution in [1.82, 2.24) is 14.9 Å². The largest absolute Gasteiger partial charge is 0.389 e. The SMILES string of the molecule is CCOCC(O)Cn1cc(C2=C(c3c[nH]c4ccc(C)cc34)C(=O)NC2=O)c2cc(C)ccc21. The Morgan fingerprint density at radius 3 is 2.38 bits per heavy atom. The van der Waals surface area contributed by atoms with Crippen LogP contribution in [0.4, 0.5) is 0 Å². The van der Waals surface area contributed by atoms with Crippen molar-refractivity contribution in [2.45, 2.75) is 33.4 Å². The van der Waals surface area contributed by atoms with Gasteiger partial charge in [0, 0.05) is 51.9 Å². The number of aryl methyl sites for hydroxylation is 2. The predicted molar refractivity (Wildman–Crippen MR) is 132 cm³/mol. The van der Waals surface area contributed by atoms with Crippen LogP contribution in [0.3, 0.4) is 0 Å². The Morgan fingerprint density at radius 1 is 0.971 bits per heavy atom. The molecule has 2 aromatic carbocycles. The lowest BCUT2D eigenvalue weighted by Gasteiger charge is -2.12. The van der Waals surface area contributed by atoms with E-state index in [4.69, 9.17) is 4.74 Å². The quantitative estimate of drug-likeness (QED) is 0.369. The molecule has 0 spiro atoms. The molecule has 0 saturated carbocycles. The highest BCUT2D eigenvalue weighted by atomic mass is 16.5. The van der Waals surface area contributed by atoms with Crippen molar-refractivity contribution in [3.05, 3.63) is 71.0 Å². The van der Waals surface area contributed by atoms with Gasteiger partial charge in [0.25, 0.3) is 11.8 Å². The minimum absolute atomic E-state index is 0.221. The Morgan fingerprint density at radius 2 is 1.65 bits per heavy atom. The molecule has 3 N–H and O–H groups in total. The monoisotopic (exact) mass is 457 g/mol. The third-order valence-electron chi connectivity index (χ3n) is 6.27. The summed E-state index contributed by atoms with van der Waals surface area (Å²) in [5.41, 5.74) is 5.96. The Hall–Kier alpha value is -3.68. The van der Waals surface area contributed by atoms with Crippen LogP contribution in [0.25, 0.3) is 33.0 Å². The topological polar surface area (TPSA) is 96.3 Å².